The number of amides is 1. The number of rotatable bonds is 61. The van der Waals surface area contributed by atoms with Crippen LogP contribution in [0.2, 0.25) is 0 Å². The van der Waals surface area contributed by atoms with Crippen molar-refractivity contribution in [2.75, 3.05) is 13.2 Å². The van der Waals surface area contributed by atoms with E-state index in [1.165, 1.54) is 283 Å². The molecule has 0 aromatic heterocycles. The van der Waals surface area contributed by atoms with Gasteiger partial charge in [-0.05, 0) is 44.9 Å². The molecule has 0 spiro atoms. The molecule has 1 aliphatic heterocycles. The Morgan fingerprint density at radius 1 is 0.418 bits per heavy atom. The predicted molar refractivity (Wildman–Crippen MR) is 337 cm³/mol. The minimum Gasteiger partial charge on any atom is -0.394 e. The zero-order valence-electron chi connectivity index (χ0n) is 52.2. The molecule has 7 unspecified atom stereocenters. The summed E-state index contributed by atoms with van der Waals surface area (Å²) in [6.07, 6.45) is 72.6. The molecule has 466 valence electrons. The highest BCUT2D eigenvalue weighted by atomic mass is 16.7. The van der Waals surface area contributed by atoms with Crippen LogP contribution in [-0.4, -0.2) is 87.5 Å². The average molecular weight is 1120 g/mol. The topological polar surface area (TPSA) is 149 Å². The van der Waals surface area contributed by atoms with Crippen molar-refractivity contribution >= 4 is 5.91 Å². The number of unbranched alkanes of at least 4 members (excludes halogenated alkanes) is 47. The molecular formula is C70H133NO8. The molecule has 1 rings (SSSR count). The molecule has 9 nitrogen and oxygen atoms in total. The quantitative estimate of drug-likeness (QED) is 0.0261. The lowest BCUT2D eigenvalue weighted by molar-refractivity contribution is -0.302. The molecule has 1 saturated heterocycles. The Morgan fingerprint density at radius 3 is 1.06 bits per heavy atom. The summed E-state index contributed by atoms with van der Waals surface area (Å²) in [6, 6.07) is -0.828. The fraction of sp³-hybridized carbons (Fsp3) is 0.900. The van der Waals surface area contributed by atoms with Gasteiger partial charge in [0, 0.05) is 6.42 Å². The first-order chi connectivity index (χ1) is 38.8. The number of hydrogen-bond donors (Lipinski definition) is 6. The lowest BCUT2D eigenvalue weighted by Gasteiger charge is -2.40. The fourth-order valence-corrected chi connectivity index (χ4v) is 11.3. The summed E-state index contributed by atoms with van der Waals surface area (Å²) in [5.74, 6) is -0.183. The molecule has 0 aromatic rings. The van der Waals surface area contributed by atoms with Crippen molar-refractivity contribution in [3.63, 3.8) is 0 Å². The maximum absolute atomic E-state index is 13.1. The minimum atomic E-state index is -1.57. The van der Waals surface area contributed by atoms with E-state index in [9.17, 15) is 30.3 Å². The van der Waals surface area contributed by atoms with Crippen LogP contribution in [0.25, 0.3) is 0 Å². The lowest BCUT2D eigenvalue weighted by Crippen LogP contribution is -2.60. The van der Waals surface area contributed by atoms with Gasteiger partial charge >= 0.3 is 0 Å². The minimum absolute atomic E-state index is 0.183. The molecule has 79 heavy (non-hydrogen) atoms. The Bertz CT molecular complexity index is 1340. The van der Waals surface area contributed by atoms with Crippen molar-refractivity contribution in [3.05, 3.63) is 36.5 Å². The highest BCUT2D eigenvalue weighted by molar-refractivity contribution is 5.76. The van der Waals surface area contributed by atoms with Crippen LogP contribution in [0.1, 0.15) is 348 Å². The molecule has 0 bridgehead atoms. The highest BCUT2D eigenvalue weighted by Gasteiger charge is 2.44. The fourth-order valence-electron chi connectivity index (χ4n) is 11.3. The van der Waals surface area contributed by atoms with Crippen molar-refractivity contribution in [1.82, 2.24) is 5.32 Å². The van der Waals surface area contributed by atoms with E-state index in [1.54, 1.807) is 6.08 Å². The van der Waals surface area contributed by atoms with E-state index in [2.05, 4.69) is 43.5 Å². The van der Waals surface area contributed by atoms with Crippen LogP contribution in [0, 0.1) is 0 Å². The summed E-state index contributed by atoms with van der Waals surface area (Å²) < 4.78 is 11.3. The molecule has 9 heteroatoms. The molecule has 1 amide bonds. The third-order valence-corrected chi connectivity index (χ3v) is 16.7. The molecule has 1 fully saturated rings. The SMILES string of the molecule is CCCCCCCCCCCCCCCCCCCCC/C=C/CC/C=C/CC/C=C/C(O)C(COC1OC(CO)C(O)C(O)C1O)NC(=O)CCCCCCCCCCCCCCCCCCCCCCCCCCCCC. The monoisotopic (exact) mass is 1120 g/mol. The van der Waals surface area contributed by atoms with Gasteiger partial charge in [0.2, 0.25) is 5.91 Å². The zero-order chi connectivity index (χ0) is 57.2. The van der Waals surface area contributed by atoms with Gasteiger partial charge < -0.3 is 40.3 Å². The van der Waals surface area contributed by atoms with Crippen LogP contribution in [0.15, 0.2) is 36.5 Å². The maximum atomic E-state index is 13.1. The van der Waals surface area contributed by atoms with Crippen LogP contribution in [0.5, 0.6) is 0 Å². The number of carbonyl (C=O) groups is 1. The van der Waals surface area contributed by atoms with Gasteiger partial charge in [-0.3, -0.25) is 4.79 Å². The first-order valence-corrected chi connectivity index (χ1v) is 34.7. The molecule has 0 saturated carbocycles. The van der Waals surface area contributed by atoms with E-state index < -0.39 is 49.5 Å². The molecule has 0 radical (unpaired) electrons. The summed E-state index contributed by atoms with van der Waals surface area (Å²) in [4.78, 5) is 13.1. The Hall–Kier alpha value is -1.59. The Balaban J connectivity index is 2.16. The third-order valence-electron chi connectivity index (χ3n) is 16.7. The molecular weight excluding hydrogens is 983 g/mol. The second-order valence-corrected chi connectivity index (χ2v) is 24.3. The van der Waals surface area contributed by atoms with Crippen LogP contribution in [0.3, 0.4) is 0 Å². The summed E-state index contributed by atoms with van der Waals surface area (Å²) in [5, 5.41) is 54.7. The van der Waals surface area contributed by atoms with Crippen molar-refractivity contribution in [1.29, 1.82) is 0 Å². The first kappa shape index (κ1) is 75.4. The second-order valence-electron chi connectivity index (χ2n) is 24.3. The van der Waals surface area contributed by atoms with E-state index in [1.807, 2.05) is 6.08 Å². The van der Waals surface area contributed by atoms with Gasteiger partial charge in [-0.1, -0.05) is 333 Å². The maximum Gasteiger partial charge on any atom is 0.220 e. The van der Waals surface area contributed by atoms with E-state index in [-0.39, 0.29) is 12.5 Å². The van der Waals surface area contributed by atoms with Gasteiger partial charge in [0.15, 0.2) is 6.29 Å². The van der Waals surface area contributed by atoms with E-state index in [4.69, 9.17) is 9.47 Å². The number of carbonyl (C=O) groups excluding carboxylic acids is 1. The number of nitrogens with one attached hydrogen (secondary N) is 1. The Kier molecular flexibility index (Phi) is 56.9. The molecule has 0 aromatic carbocycles. The van der Waals surface area contributed by atoms with Gasteiger partial charge in [-0.25, -0.2) is 0 Å². The summed E-state index contributed by atoms with van der Waals surface area (Å²) >= 11 is 0. The smallest absolute Gasteiger partial charge is 0.220 e. The lowest BCUT2D eigenvalue weighted by atomic mass is 9.99. The molecule has 7 atom stereocenters. The number of hydrogen-bond acceptors (Lipinski definition) is 8. The second kappa shape index (κ2) is 59.6. The average Bonchev–Trinajstić information content (AvgIpc) is 3.47. The van der Waals surface area contributed by atoms with Crippen LogP contribution in [0.4, 0.5) is 0 Å². The standard InChI is InChI=1S/C70H133NO8/c1-3-5-7-9-11-13-15-17-19-21-23-25-27-29-31-32-34-35-37-39-41-43-45-47-49-51-53-55-57-59-64(73)63(62-78-70-69(77)68(76)67(75)65(61-72)79-70)71-66(74)60-58-56-54-52-50-48-46-44-42-40-38-36-33-30-28-26-24-22-20-18-16-14-12-10-8-6-4-2/h41,43,49,51,57,59,63-65,67-70,72-73,75-77H,3-40,42,44-48,50,52-56,58,60-62H2,1-2H3,(H,71,74)/b43-41+,51-49+,59-57+. The Morgan fingerprint density at radius 2 is 0.722 bits per heavy atom. The first-order valence-electron chi connectivity index (χ1n) is 34.7. The predicted octanol–water partition coefficient (Wildman–Crippen LogP) is 18.6. The Labute approximate surface area is 489 Å². The van der Waals surface area contributed by atoms with E-state index in [0.29, 0.717) is 6.42 Å². The van der Waals surface area contributed by atoms with Crippen molar-refractivity contribution in [2.24, 2.45) is 0 Å². The van der Waals surface area contributed by atoms with Crippen LogP contribution < -0.4 is 5.32 Å². The molecule has 0 aliphatic carbocycles. The van der Waals surface area contributed by atoms with Crippen LogP contribution in [-0.2, 0) is 14.3 Å². The number of allylic oxidation sites excluding steroid dienone is 5. The molecule has 1 heterocycles. The largest absolute Gasteiger partial charge is 0.394 e. The number of aliphatic hydroxyl groups is 5. The molecule has 6 N–H and O–H groups in total. The van der Waals surface area contributed by atoms with Crippen molar-refractivity contribution < 1.29 is 39.8 Å². The highest BCUT2D eigenvalue weighted by Crippen LogP contribution is 2.23. The van der Waals surface area contributed by atoms with Gasteiger partial charge in [-0.15, -0.1) is 0 Å². The summed E-state index contributed by atoms with van der Waals surface area (Å²) in [5.41, 5.74) is 0. The number of aliphatic hydroxyl groups excluding tert-OH is 5. The third kappa shape index (κ3) is 48.5. The van der Waals surface area contributed by atoms with Gasteiger partial charge in [0.25, 0.3) is 0 Å². The van der Waals surface area contributed by atoms with Crippen molar-refractivity contribution in [2.45, 2.75) is 391 Å². The summed E-state index contributed by atoms with van der Waals surface area (Å²) in [7, 11) is 0. The normalized spacial score (nSPS) is 18.7. The van der Waals surface area contributed by atoms with Gasteiger partial charge in [-0.2, -0.15) is 0 Å². The van der Waals surface area contributed by atoms with E-state index >= 15 is 0 Å². The van der Waals surface area contributed by atoms with Gasteiger partial charge in [0.05, 0.1) is 25.4 Å². The zero-order valence-corrected chi connectivity index (χ0v) is 52.2. The van der Waals surface area contributed by atoms with Crippen molar-refractivity contribution in [3.8, 4) is 0 Å². The van der Waals surface area contributed by atoms with E-state index in [0.717, 1.165) is 44.9 Å². The summed E-state index contributed by atoms with van der Waals surface area (Å²) in [6.45, 7) is 3.81. The number of ether oxygens (including phenoxy) is 2. The van der Waals surface area contributed by atoms with Gasteiger partial charge in [0.1, 0.15) is 24.4 Å². The molecule has 1 aliphatic rings. The van der Waals surface area contributed by atoms with Crippen LogP contribution >= 0.6 is 0 Å².